The molecule has 102 valence electrons. The first-order valence-corrected chi connectivity index (χ1v) is 7.18. The molecule has 3 unspecified atom stereocenters. The molecule has 3 atom stereocenters. The van der Waals surface area contributed by atoms with E-state index in [1.807, 2.05) is 6.07 Å². The van der Waals surface area contributed by atoms with Crippen molar-refractivity contribution in [3.63, 3.8) is 0 Å². The Hall–Kier alpha value is -1.97. The van der Waals surface area contributed by atoms with E-state index in [1.165, 1.54) is 0 Å². The molecule has 1 aromatic carbocycles. The molecule has 0 aromatic heterocycles. The van der Waals surface area contributed by atoms with E-state index in [4.69, 9.17) is 0 Å². The van der Waals surface area contributed by atoms with E-state index in [1.54, 1.807) is 12.1 Å². The molecule has 2 aliphatic carbocycles. The minimum atomic E-state index is -0.350. The number of fused-ring (bicyclic) bond motifs is 2. The number of hydrogen-bond donors (Lipinski definition) is 1. The number of benzene rings is 1. The molecule has 2 saturated carbocycles. The topological polar surface area (TPSA) is 63.2 Å². The van der Waals surface area contributed by atoms with E-state index in [2.05, 4.69) is 5.32 Å². The Labute approximate surface area is 116 Å². The third kappa shape index (κ3) is 1.51. The molecular weight excluding hydrogens is 254 g/mol. The van der Waals surface area contributed by atoms with Crippen molar-refractivity contribution < 1.29 is 14.4 Å². The second kappa shape index (κ2) is 4.01. The molecule has 1 heterocycles. The number of hydrogen-bond acceptors (Lipinski definition) is 3. The lowest BCUT2D eigenvalue weighted by Crippen LogP contribution is -2.19. The van der Waals surface area contributed by atoms with E-state index in [0.29, 0.717) is 22.8 Å². The van der Waals surface area contributed by atoms with Crippen LogP contribution in [-0.4, -0.2) is 17.6 Å². The average Bonchev–Trinajstić information content (AvgIpc) is 3.08. The second-order valence-corrected chi connectivity index (χ2v) is 6.08. The number of nitrogens with one attached hydrogen (secondary N) is 1. The van der Waals surface area contributed by atoms with Crippen LogP contribution in [0.4, 0.5) is 0 Å². The number of amides is 2. The van der Waals surface area contributed by atoms with Gasteiger partial charge in [0.15, 0.2) is 0 Å². The van der Waals surface area contributed by atoms with Crippen LogP contribution in [-0.2, 0) is 4.79 Å². The van der Waals surface area contributed by atoms with Gasteiger partial charge in [0.05, 0.1) is 11.1 Å². The summed E-state index contributed by atoms with van der Waals surface area (Å²) in [6, 6.07) is 5.24. The summed E-state index contributed by atoms with van der Waals surface area (Å²) < 4.78 is 0. The Balaban J connectivity index is 1.71. The van der Waals surface area contributed by atoms with Gasteiger partial charge in [0, 0.05) is 11.8 Å². The highest BCUT2D eigenvalue weighted by Gasteiger charge is 2.45. The molecule has 3 aliphatic rings. The van der Waals surface area contributed by atoms with Crippen LogP contribution in [0.2, 0.25) is 0 Å². The van der Waals surface area contributed by atoms with Gasteiger partial charge in [-0.15, -0.1) is 0 Å². The van der Waals surface area contributed by atoms with Gasteiger partial charge < -0.3 is 0 Å². The maximum absolute atomic E-state index is 12.5. The maximum atomic E-state index is 12.5. The van der Waals surface area contributed by atoms with E-state index < -0.39 is 0 Å². The zero-order valence-corrected chi connectivity index (χ0v) is 11.0. The molecule has 20 heavy (non-hydrogen) atoms. The molecule has 0 saturated heterocycles. The fraction of sp³-hybridized carbons (Fsp3) is 0.438. The van der Waals surface area contributed by atoms with Gasteiger partial charge in [-0.2, -0.15) is 0 Å². The fourth-order valence-electron chi connectivity index (χ4n) is 4.07. The summed E-state index contributed by atoms with van der Waals surface area (Å²) in [6.07, 6.45) is 4.23. The number of ketones is 1. The van der Waals surface area contributed by atoms with Crippen LogP contribution in [0.15, 0.2) is 18.2 Å². The molecule has 1 aromatic rings. The zero-order chi connectivity index (χ0) is 13.9. The van der Waals surface area contributed by atoms with Crippen molar-refractivity contribution in [2.24, 2.45) is 11.8 Å². The molecule has 0 spiro atoms. The van der Waals surface area contributed by atoms with Crippen molar-refractivity contribution >= 4 is 17.6 Å². The molecule has 4 heteroatoms. The summed E-state index contributed by atoms with van der Waals surface area (Å²) >= 11 is 0. The summed E-state index contributed by atoms with van der Waals surface area (Å²) in [4.78, 5) is 35.7. The van der Waals surface area contributed by atoms with Gasteiger partial charge in [0.2, 0.25) is 0 Å². The monoisotopic (exact) mass is 269 g/mol. The van der Waals surface area contributed by atoms with Crippen molar-refractivity contribution in [2.75, 3.05) is 0 Å². The van der Waals surface area contributed by atoms with Crippen molar-refractivity contribution in [3.05, 3.63) is 34.9 Å². The third-order valence-corrected chi connectivity index (χ3v) is 5.07. The van der Waals surface area contributed by atoms with Crippen molar-refractivity contribution in [3.8, 4) is 0 Å². The molecule has 0 radical (unpaired) electrons. The molecular formula is C16H15NO3. The lowest BCUT2D eigenvalue weighted by molar-refractivity contribution is -0.122. The predicted molar refractivity (Wildman–Crippen MR) is 71.4 cm³/mol. The highest BCUT2D eigenvalue weighted by Crippen LogP contribution is 2.48. The van der Waals surface area contributed by atoms with Crippen molar-refractivity contribution in [1.82, 2.24) is 5.32 Å². The Kier molecular flexibility index (Phi) is 2.37. The fourth-order valence-corrected chi connectivity index (χ4v) is 4.07. The second-order valence-electron chi connectivity index (χ2n) is 6.08. The molecule has 4 nitrogen and oxygen atoms in total. The van der Waals surface area contributed by atoms with E-state index in [-0.39, 0.29) is 23.7 Å². The first kappa shape index (κ1) is 11.8. The number of carbonyl (C=O) groups excluding carboxylic acids is 3. The van der Waals surface area contributed by atoms with Crippen LogP contribution in [0, 0.1) is 11.8 Å². The van der Waals surface area contributed by atoms with Gasteiger partial charge >= 0.3 is 0 Å². The summed E-state index contributed by atoms with van der Waals surface area (Å²) in [6.45, 7) is 0. The van der Waals surface area contributed by atoms with Crippen LogP contribution >= 0.6 is 0 Å². The van der Waals surface area contributed by atoms with E-state index in [0.717, 1.165) is 31.2 Å². The van der Waals surface area contributed by atoms with Crippen molar-refractivity contribution in [2.45, 2.75) is 31.6 Å². The number of Topliss-reactive ketones (excluding diaryl/α,β-unsaturated/α-hetero) is 1. The highest BCUT2D eigenvalue weighted by atomic mass is 16.2. The van der Waals surface area contributed by atoms with Gasteiger partial charge in [-0.05, 0) is 42.9 Å². The van der Waals surface area contributed by atoms with Gasteiger partial charge in [-0.1, -0.05) is 12.5 Å². The maximum Gasteiger partial charge on any atom is 0.258 e. The van der Waals surface area contributed by atoms with E-state index in [9.17, 15) is 14.4 Å². The Morgan fingerprint density at radius 1 is 1.00 bits per heavy atom. The van der Waals surface area contributed by atoms with Crippen LogP contribution in [0.3, 0.4) is 0 Å². The average molecular weight is 269 g/mol. The lowest BCUT2D eigenvalue weighted by Gasteiger charge is -2.11. The van der Waals surface area contributed by atoms with Crippen molar-refractivity contribution in [1.29, 1.82) is 0 Å². The lowest BCUT2D eigenvalue weighted by atomic mass is 9.91. The largest absolute Gasteiger partial charge is 0.299 e. The van der Waals surface area contributed by atoms with Crippen LogP contribution < -0.4 is 5.32 Å². The Bertz CT molecular complexity index is 649. The SMILES string of the molecule is O=C1NC(=O)c2cc(C3CC4CCCC4C3=O)ccc21. The summed E-state index contributed by atoms with van der Waals surface area (Å²) in [5.41, 5.74) is 1.73. The molecule has 2 amide bonds. The molecule has 2 fully saturated rings. The normalized spacial score (nSPS) is 31.4. The first-order valence-electron chi connectivity index (χ1n) is 7.18. The Morgan fingerprint density at radius 2 is 1.80 bits per heavy atom. The first-order chi connectivity index (χ1) is 9.65. The predicted octanol–water partition coefficient (Wildman–Crippen LogP) is 2.04. The van der Waals surface area contributed by atoms with Gasteiger partial charge in [-0.25, -0.2) is 0 Å². The molecule has 4 rings (SSSR count). The minimum absolute atomic E-state index is 0.0842. The van der Waals surface area contributed by atoms with Crippen LogP contribution in [0.25, 0.3) is 0 Å². The zero-order valence-electron chi connectivity index (χ0n) is 11.0. The highest BCUT2D eigenvalue weighted by molar-refractivity contribution is 6.21. The van der Waals surface area contributed by atoms with Crippen LogP contribution in [0.1, 0.15) is 57.9 Å². The smallest absolute Gasteiger partial charge is 0.258 e. The molecule has 1 aliphatic heterocycles. The summed E-state index contributed by atoms with van der Waals surface area (Å²) in [7, 11) is 0. The summed E-state index contributed by atoms with van der Waals surface area (Å²) in [5.74, 6) is 0.305. The number of imide groups is 1. The third-order valence-electron chi connectivity index (χ3n) is 5.07. The Morgan fingerprint density at radius 3 is 2.60 bits per heavy atom. The molecule has 0 bridgehead atoms. The van der Waals surface area contributed by atoms with Gasteiger partial charge in [-0.3, -0.25) is 19.7 Å². The molecule has 1 N–H and O–H groups in total. The summed E-state index contributed by atoms with van der Waals surface area (Å²) in [5, 5.41) is 2.29. The van der Waals surface area contributed by atoms with Gasteiger partial charge in [0.1, 0.15) is 5.78 Å². The van der Waals surface area contributed by atoms with E-state index >= 15 is 0 Å². The number of rotatable bonds is 1. The quantitative estimate of drug-likeness (QED) is 0.793. The van der Waals surface area contributed by atoms with Crippen LogP contribution in [0.5, 0.6) is 0 Å². The van der Waals surface area contributed by atoms with Gasteiger partial charge in [0.25, 0.3) is 11.8 Å². The minimum Gasteiger partial charge on any atom is -0.299 e. The standard InChI is InChI=1S/C16H15NO3/c18-14-10-3-1-2-8(10)6-12(14)9-4-5-11-13(7-9)16(20)17-15(11)19/h4-5,7-8,10,12H,1-3,6H2,(H,17,19,20). The number of carbonyl (C=O) groups is 3.